The molecule has 1 aromatic heterocycles. The van der Waals surface area contributed by atoms with Crippen molar-refractivity contribution in [3.8, 4) is 0 Å². The Morgan fingerprint density at radius 3 is 2.61 bits per heavy atom. The normalized spacial score (nSPS) is 21.4. The van der Waals surface area contributed by atoms with Gasteiger partial charge in [0.25, 0.3) is 0 Å². The minimum atomic E-state index is 0.290. The van der Waals surface area contributed by atoms with E-state index in [2.05, 4.69) is 27.7 Å². The second-order valence-electron chi connectivity index (χ2n) is 7.31. The summed E-state index contributed by atoms with van der Waals surface area (Å²) in [6.45, 7) is 4.32. The number of carbonyl (C=O) groups is 1. The number of nitrogens with one attached hydrogen (secondary N) is 1. The summed E-state index contributed by atoms with van der Waals surface area (Å²) < 4.78 is 0. The molecule has 0 atom stereocenters. The topological polar surface area (TPSA) is 32.3 Å². The van der Waals surface area contributed by atoms with E-state index < -0.39 is 0 Å². The molecule has 23 heavy (non-hydrogen) atoms. The summed E-state index contributed by atoms with van der Waals surface area (Å²) in [5.41, 5.74) is 0. The van der Waals surface area contributed by atoms with Crippen molar-refractivity contribution in [3.63, 3.8) is 0 Å². The first-order valence-electron chi connectivity index (χ1n) is 9.31. The molecule has 1 saturated carbocycles. The molecule has 0 aromatic carbocycles. The Kier molecular flexibility index (Phi) is 6.52. The van der Waals surface area contributed by atoms with Gasteiger partial charge in [0.15, 0.2) is 0 Å². The second-order valence-corrected chi connectivity index (χ2v) is 8.34. The number of carbonyl (C=O) groups excluding carboxylic acids is 1. The minimum absolute atomic E-state index is 0.290. The van der Waals surface area contributed by atoms with Crippen LogP contribution >= 0.6 is 11.3 Å². The van der Waals surface area contributed by atoms with Crippen molar-refractivity contribution >= 4 is 17.2 Å². The maximum Gasteiger partial charge on any atom is 0.220 e. The van der Waals surface area contributed by atoms with E-state index in [-0.39, 0.29) is 5.91 Å². The van der Waals surface area contributed by atoms with Gasteiger partial charge in [-0.05, 0) is 62.1 Å². The Morgan fingerprint density at radius 1 is 1.13 bits per heavy atom. The van der Waals surface area contributed by atoms with E-state index in [1.54, 1.807) is 0 Å². The van der Waals surface area contributed by atoms with Gasteiger partial charge in [0.05, 0.1) is 0 Å². The summed E-state index contributed by atoms with van der Waals surface area (Å²) >= 11 is 1.85. The Bertz CT molecular complexity index is 460. The maximum absolute atomic E-state index is 12.1. The van der Waals surface area contributed by atoms with Crippen LogP contribution in [0.1, 0.15) is 56.2 Å². The van der Waals surface area contributed by atoms with Crippen LogP contribution in [0.25, 0.3) is 0 Å². The highest BCUT2D eigenvalue weighted by Gasteiger charge is 2.21. The van der Waals surface area contributed by atoms with Gasteiger partial charge in [0.2, 0.25) is 5.91 Å². The summed E-state index contributed by atoms with van der Waals surface area (Å²) in [5.74, 6) is 1.61. The van der Waals surface area contributed by atoms with Gasteiger partial charge in [0.1, 0.15) is 0 Å². The molecule has 3 rings (SSSR count). The fourth-order valence-electron chi connectivity index (χ4n) is 3.96. The van der Waals surface area contributed by atoms with Gasteiger partial charge >= 0.3 is 0 Å². The number of nitrogens with zero attached hydrogens (tertiary/aromatic N) is 1. The van der Waals surface area contributed by atoms with E-state index in [1.807, 2.05) is 11.3 Å². The molecule has 1 amide bonds. The molecule has 0 spiro atoms. The average molecular weight is 335 g/mol. The molecule has 2 fully saturated rings. The fraction of sp³-hybridized carbons (Fsp3) is 0.737. The molecule has 4 heteroatoms. The highest BCUT2D eigenvalue weighted by Crippen LogP contribution is 2.26. The van der Waals surface area contributed by atoms with Crippen LogP contribution in [0.3, 0.4) is 0 Å². The lowest BCUT2D eigenvalue weighted by Gasteiger charge is -2.31. The number of amides is 1. The predicted molar refractivity (Wildman–Crippen MR) is 96.5 cm³/mol. The van der Waals surface area contributed by atoms with Crippen molar-refractivity contribution in [1.29, 1.82) is 0 Å². The van der Waals surface area contributed by atoms with Gasteiger partial charge in [-0.15, -0.1) is 11.3 Å². The van der Waals surface area contributed by atoms with E-state index >= 15 is 0 Å². The molecule has 0 radical (unpaired) electrons. The summed E-state index contributed by atoms with van der Waals surface area (Å²) in [7, 11) is 0. The number of hydrogen-bond donors (Lipinski definition) is 1. The predicted octanol–water partition coefficient (Wildman–Crippen LogP) is 4.05. The number of hydrogen-bond acceptors (Lipinski definition) is 3. The summed E-state index contributed by atoms with van der Waals surface area (Å²) in [5, 5.41) is 5.36. The van der Waals surface area contributed by atoms with Crippen molar-refractivity contribution in [2.45, 2.75) is 57.9 Å². The lowest BCUT2D eigenvalue weighted by Crippen LogP contribution is -2.38. The van der Waals surface area contributed by atoms with Gasteiger partial charge < -0.3 is 5.32 Å². The fourth-order valence-corrected chi connectivity index (χ4v) is 4.70. The molecule has 0 bridgehead atoms. The third-order valence-electron chi connectivity index (χ3n) is 5.45. The van der Waals surface area contributed by atoms with Crippen LogP contribution in [0.15, 0.2) is 17.5 Å². The second kappa shape index (κ2) is 8.84. The highest BCUT2D eigenvalue weighted by atomic mass is 32.1. The first-order chi connectivity index (χ1) is 11.3. The van der Waals surface area contributed by atoms with E-state index in [9.17, 15) is 4.79 Å². The summed E-state index contributed by atoms with van der Waals surface area (Å²) in [6, 6.07) is 4.36. The third kappa shape index (κ3) is 5.61. The summed E-state index contributed by atoms with van der Waals surface area (Å²) in [4.78, 5) is 16.1. The molecular formula is C19H30N2OS. The quantitative estimate of drug-likeness (QED) is 0.851. The Balaban J connectivity index is 1.30. The van der Waals surface area contributed by atoms with Gasteiger partial charge in [-0.2, -0.15) is 0 Å². The third-order valence-corrected chi connectivity index (χ3v) is 6.31. The largest absolute Gasteiger partial charge is 0.356 e. The maximum atomic E-state index is 12.1. The highest BCUT2D eigenvalue weighted by molar-refractivity contribution is 7.09. The Hall–Kier alpha value is -0.870. The van der Waals surface area contributed by atoms with Crippen molar-refractivity contribution in [2.75, 3.05) is 19.6 Å². The van der Waals surface area contributed by atoms with Crippen molar-refractivity contribution in [2.24, 2.45) is 11.8 Å². The number of likely N-dealkylation sites (tertiary alicyclic amines) is 1. The Morgan fingerprint density at radius 2 is 1.91 bits per heavy atom. The van der Waals surface area contributed by atoms with Crippen LogP contribution in [0.5, 0.6) is 0 Å². The molecule has 1 N–H and O–H groups in total. The molecular weight excluding hydrogens is 304 g/mol. The lowest BCUT2D eigenvalue weighted by molar-refractivity contribution is -0.122. The minimum Gasteiger partial charge on any atom is -0.356 e. The van der Waals surface area contributed by atoms with Crippen LogP contribution in [0.2, 0.25) is 0 Å². The molecule has 128 valence electrons. The zero-order chi connectivity index (χ0) is 15.9. The number of piperidine rings is 1. The molecule has 1 aliphatic heterocycles. The summed E-state index contributed by atoms with van der Waals surface area (Å²) in [6.07, 6.45) is 9.72. The standard InChI is InChI=1S/C19H30N2OS/c22-19(13-16-5-2-1-3-6-16)20-14-17-8-10-21(11-9-17)15-18-7-4-12-23-18/h4,7,12,16-17H,1-3,5-6,8-11,13-15H2,(H,20,22). The van der Waals surface area contributed by atoms with Gasteiger partial charge in [-0.25, -0.2) is 0 Å². The first kappa shape index (κ1) is 17.0. The smallest absolute Gasteiger partial charge is 0.220 e. The van der Waals surface area contributed by atoms with E-state index in [1.165, 1.54) is 62.9 Å². The van der Waals surface area contributed by atoms with Crippen LogP contribution in [0.4, 0.5) is 0 Å². The van der Waals surface area contributed by atoms with Crippen LogP contribution in [-0.4, -0.2) is 30.4 Å². The van der Waals surface area contributed by atoms with Crippen LogP contribution in [-0.2, 0) is 11.3 Å². The van der Waals surface area contributed by atoms with Crippen LogP contribution in [0, 0.1) is 11.8 Å². The van der Waals surface area contributed by atoms with Gasteiger partial charge in [0, 0.05) is 24.4 Å². The van der Waals surface area contributed by atoms with Crippen molar-refractivity contribution < 1.29 is 4.79 Å². The van der Waals surface area contributed by atoms with E-state index in [0.29, 0.717) is 11.8 Å². The van der Waals surface area contributed by atoms with Gasteiger partial charge in [-0.1, -0.05) is 25.3 Å². The molecule has 3 nitrogen and oxygen atoms in total. The first-order valence-corrected chi connectivity index (χ1v) is 10.2. The number of rotatable bonds is 6. The SMILES string of the molecule is O=C(CC1CCCCC1)NCC1CCN(Cc2cccs2)CC1. The zero-order valence-electron chi connectivity index (χ0n) is 14.1. The average Bonchev–Trinajstić information content (AvgIpc) is 3.08. The lowest BCUT2D eigenvalue weighted by atomic mass is 9.87. The van der Waals surface area contributed by atoms with Crippen LogP contribution < -0.4 is 5.32 Å². The molecule has 0 unspecified atom stereocenters. The molecule has 1 aliphatic carbocycles. The van der Waals surface area contributed by atoms with E-state index in [4.69, 9.17) is 0 Å². The van der Waals surface area contributed by atoms with Crippen molar-refractivity contribution in [1.82, 2.24) is 10.2 Å². The number of thiophene rings is 1. The van der Waals surface area contributed by atoms with Crippen molar-refractivity contribution in [3.05, 3.63) is 22.4 Å². The van der Waals surface area contributed by atoms with Gasteiger partial charge in [-0.3, -0.25) is 9.69 Å². The molecule has 1 aromatic rings. The molecule has 1 saturated heterocycles. The monoisotopic (exact) mass is 334 g/mol. The molecule has 2 heterocycles. The zero-order valence-corrected chi connectivity index (χ0v) is 15.0. The molecule has 2 aliphatic rings. The Labute approximate surface area is 144 Å². The van der Waals surface area contributed by atoms with E-state index in [0.717, 1.165) is 19.5 Å².